The summed E-state index contributed by atoms with van der Waals surface area (Å²) in [6.45, 7) is 3.21. The van der Waals surface area contributed by atoms with E-state index in [9.17, 15) is 0 Å². The van der Waals surface area contributed by atoms with Gasteiger partial charge < -0.3 is 0 Å². The quantitative estimate of drug-likeness (QED) is 0.573. The molecule has 0 saturated heterocycles. The Morgan fingerprint density at radius 1 is 0.955 bits per heavy atom. The number of hydrogen-bond donors (Lipinski definition) is 0. The van der Waals surface area contributed by atoms with Crippen molar-refractivity contribution in [2.45, 2.75) is 19.5 Å². The molecule has 0 aliphatic rings. The summed E-state index contributed by atoms with van der Waals surface area (Å²) < 4.78 is 1.14. The lowest BCUT2D eigenvalue weighted by molar-refractivity contribution is 0.254. The SMILES string of the molecule is C[C@H](c1cccc2ccccc12)N(C)Cc1cccc(Br)c1. The van der Waals surface area contributed by atoms with Crippen LogP contribution in [0.15, 0.2) is 71.2 Å². The molecule has 112 valence electrons. The molecule has 3 aromatic rings. The standard InChI is InChI=1S/C20H20BrN/c1-15(22(2)14-16-7-5-10-18(21)13-16)19-12-6-9-17-8-3-4-11-20(17)19/h3-13,15H,14H2,1-2H3/t15-/m1/s1. The molecule has 1 atom stereocenters. The Morgan fingerprint density at radius 2 is 1.68 bits per heavy atom. The maximum atomic E-state index is 3.55. The number of nitrogens with zero attached hydrogens (tertiary/aromatic N) is 1. The number of fused-ring (bicyclic) bond motifs is 1. The minimum Gasteiger partial charge on any atom is -0.295 e. The van der Waals surface area contributed by atoms with Gasteiger partial charge in [-0.25, -0.2) is 0 Å². The van der Waals surface area contributed by atoms with Crippen molar-refractivity contribution < 1.29 is 0 Å². The van der Waals surface area contributed by atoms with Crippen LogP contribution in [0.1, 0.15) is 24.1 Å². The van der Waals surface area contributed by atoms with E-state index in [4.69, 9.17) is 0 Å². The van der Waals surface area contributed by atoms with Gasteiger partial charge in [0.15, 0.2) is 0 Å². The molecule has 0 fully saturated rings. The molecule has 0 amide bonds. The van der Waals surface area contributed by atoms with E-state index in [2.05, 4.69) is 102 Å². The van der Waals surface area contributed by atoms with E-state index < -0.39 is 0 Å². The van der Waals surface area contributed by atoms with Crippen LogP contribution in [0.25, 0.3) is 10.8 Å². The van der Waals surface area contributed by atoms with Crippen molar-refractivity contribution in [3.63, 3.8) is 0 Å². The number of halogens is 1. The molecule has 2 heteroatoms. The zero-order valence-electron chi connectivity index (χ0n) is 13.0. The lowest BCUT2D eigenvalue weighted by Gasteiger charge is -2.26. The summed E-state index contributed by atoms with van der Waals surface area (Å²) in [5.74, 6) is 0. The second kappa shape index (κ2) is 6.64. The van der Waals surface area contributed by atoms with Crippen LogP contribution in [0.2, 0.25) is 0 Å². The Kier molecular flexibility index (Phi) is 4.60. The highest BCUT2D eigenvalue weighted by atomic mass is 79.9. The second-order valence-electron chi connectivity index (χ2n) is 5.79. The zero-order valence-corrected chi connectivity index (χ0v) is 14.5. The van der Waals surface area contributed by atoms with E-state index in [1.54, 1.807) is 0 Å². The third kappa shape index (κ3) is 3.23. The molecule has 0 aliphatic carbocycles. The van der Waals surface area contributed by atoms with Crippen LogP contribution in [0.4, 0.5) is 0 Å². The third-order valence-electron chi connectivity index (χ3n) is 4.26. The van der Waals surface area contributed by atoms with Crippen LogP contribution in [0.5, 0.6) is 0 Å². The van der Waals surface area contributed by atoms with Crippen molar-refractivity contribution in [2.75, 3.05) is 7.05 Å². The summed E-state index contributed by atoms with van der Waals surface area (Å²) in [6, 6.07) is 24.1. The largest absolute Gasteiger partial charge is 0.295 e. The van der Waals surface area contributed by atoms with E-state index in [-0.39, 0.29) is 0 Å². The summed E-state index contributed by atoms with van der Waals surface area (Å²) in [7, 11) is 2.19. The van der Waals surface area contributed by atoms with E-state index in [1.165, 1.54) is 21.9 Å². The van der Waals surface area contributed by atoms with E-state index in [0.717, 1.165) is 11.0 Å². The van der Waals surface area contributed by atoms with Gasteiger partial charge in [0.1, 0.15) is 0 Å². The molecule has 0 spiro atoms. The van der Waals surface area contributed by atoms with Gasteiger partial charge in [-0.05, 0) is 48.0 Å². The molecule has 0 N–H and O–H groups in total. The van der Waals surface area contributed by atoms with Crippen LogP contribution in [-0.4, -0.2) is 11.9 Å². The topological polar surface area (TPSA) is 3.24 Å². The summed E-state index contributed by atoms with van der Waals surface area (Å²) in [5.41, 5.74) is 2.71. The fraction of sp³-hybridized carbons (Fsp3) is 0.200. The van der Waals surface area contributed by atoms with E-state index >= 15 is 0 Å². The molecule has 0 aromatic heterocycles. The average molecular weight is 354 g/mol. The predicted octanol–water partition coefficient (Wildman–Crippen LogP) is 5.80. The molecule has 0 bridgehead atoms. The fourth-order valence-corrected chi connectivity index (χ4v) is 3.36. The minimum absolute atomic E-state index is 0.366. The third-order valence-corrected chi connectivity index (χ3v) is 4.75. The van der Waals surface area contributed by atoms with Crippen molar-refractivity contribution in [1.29, 1.82) is 0 Å². The summed E-state index contributed by atoms with van der Waals surface area (Å²) in [6.07, 6.45) is 0. The molecule has 0 aliphatic heterocycles. The lowest BCUT2D eigenvalue weighted by atomic mass is 9.98. The zero-order chi connectivity index (χ0) is 15.5. The van der Waals surface area contributed by atoms with Crippen LogP contribution < -0.4 is 0 Å². The van der Waals surface area contributed by atoms with Crippen LogP contribution in [-0.2, 0) is 6.54 Å². The van der Waals surface area contributed by atoms with Crippen molar-refractivity contribution in [2.24, 2.45) is 0 Å². The van der Waals surface area contributed by atoms with Crippen LogP contribution in [0.3, 0.4) is 0 Å². The second-order valence-corrected chi connectivity index (χ2v) is 6.71. The minimum atomic E-state index is 0.366. The fourth-order valence-electron chi connectivity index (χ4n) is 2.91. The Labute approximate surface area is 140 Å². The maximum absolute atomic E-state index is 3.55. The van der Waals surface area contributed by atoms with Crippen LogP contribution in [0, 0.1) is 0 Å². The van der Waals surface area contributed by atoms with Crippen molar-refractivity contribution in [1.82, 2.24) is 4.90 Å². The van der Waals surface area contributed by atoms with Crippen molar-refractivity contribution >= 4 is 26.7 Å². The Balaban J connectivity index is 1.87. The van der Waals surface area contributed by atoms with Gasteiger partial charge in [0.25, 0.3) is 0 Å². The lowest BCUT2D eigenvalue weighted by Crippen LogP contribution is -2.22. The summed E-state index contributed by atoms with van der Waals surface area (Å²) >= 11 is 3.55. The van der Waals surface area contributed by atoms with Crippen LogP contribution >= 0.6 is 15.9 Å². The number of benzene rings is 3. The highest BCUT2D eigenvalue weighted by Gasteiger charge is 2.14. The first kappa shape index (κ1) is 15.3. The monoisotopic (exact) mass is 353 g/mol. The van der Waals surface area contributed by atoms with Crippen molar-refractivity contribution in [3.8, 4) is 0 Å². The van der Waals surface area contributed by atoms with E-state index in [1.807, 2.05) is 0 Å². The Bertz CT molecular complexity index is 776. The van der Waals surface area contributed by atoms with Gasteiger partial charge in [0, 0.05) is 17.1 Å². The molecule has 0 saturated carbocycles. The number of hydrogen-bond acceptors (Lipinski definition) is 1. The molecule has 22 heavy (non-hydrogen) atoms. The van der Waals surface area contributed by atoms with Gasteiger partial charge in [-0.1, -0.05) is 70.5 Å². The molecular formula is C20H20BrN. The molecule has 3 rings (SSSR count). The van der Waals surface area contributed by atoms with E-state index in [0.29, 0.717) is 6.04 Å². The smallest absolute Gasteiger partial charge is 0.0326 e. The highest BCUT2D eigenvalue weighted by Crippen LogP contribution is 2.28. The maximum Gasteiger partial charge on any atom is 0.0326 e. The van der Waals surface area contributed by atoms with Gasteiger partial charge in [0.05, 0.1) is 0 Å². The molecule has 1 nitrogen and oxygen atoms in total. The van der Waals surface area contributed by atoms with Gasteiger partial charge in [-0.3, -0.25) is 4.90 Å². The first-order chi connectivity index (χ1) is 10.6. The molecule has 0 radical (unpaired) electrons. The first-order valence-corrected chi connectivity index (χ1v) is 8.37. The summed E-state index contributed by atoms with van der Waals surface area (Å²) in [4.78, 5) is 2.39. The summed E-state index contributed by atoms with van der Waals surface area (Å²) in [5, 5.41) is 2.65. The molecular weight excluding hydrogens is 334 g/mol. The average Bonchev–Trinajstić information content (AvgIpc) is 2.53. The van der Waals surface area contributed by atoms with Gasteiger partial charge in [-0.15, -0.1) is 0 Å². The Morgan fingerprint density at radius 3 is 2.50 bits per heavy atom. The number of rotatable bonds is 4. The first-order valence-electron chi connectivity index (χ1n) is 7.57. The predicted molar refractivity (Wildman–Crippen MR) is 98.0 cm³/mol. The van der Waals surface area contributed by atoms with Gasteiger partial charge in [-0.2, -0.15) is 0 Å². The molecule has 3 aromatic carbocycles. The van der Waals surface area contributed by atoms with Gasteiger partial charge >= 0.3 is 0 Å². The van der Waals surface area contributed by atoms with Gasteiger partial charge in [0.2, 0.25) is 0 Å². The molecule has 0 heterocycles. The van der Waals surface area contributed by atoms with Crippen molar-refractivity contribution in [3.05, 3.63) is 82.3 Å². The normalized spacial score (nSPS) is 12.7. The molecule has 0 unspecified atom stereocenters. The Hall–Kier alpha value is -1.64. The highest BCUT2D eigenvalue weighted by molar-refractivity contribution is 9.10.